The minimum absolute atomic E-state index is 0.000288. The third kappa shape index (κ3) is 2.64. The molecule has 0 bridgehead atoms. The van der Waals surface area contributed by atoms with Crippen molar-refractivity contribution >= 4 is 33.5 Å². The van der Waals surface area contributed by atoms with Crippen molar-refractivity contribution in [2.75, 3.05) is 12.4 Å². The third-order valence-corrected chi connectivity index (χ3v) is 4.53. The van der Waals surface area contributed by atoms with E-state index in [-0.39, 0.29) is 5.91 Å². The SMILES string of the molecule is COc1cc2c(cc1NC(=O)CC1C=CCC1)oc1ccccc12. The highest BCUT2D eigenvalue weighted by Gasteiger charge is 2.17. The van der Waals surface area contributed by atoms with Crippen LogP contribution in [-0.2, 0) is 4.79 Å². The number of carbonyl (C=O) groups is 1. The molecule has 1 heterocycles. The maximum Gasteiger partial charge on any atom is 0.225 e. The van der Waals surface area contributed by atoms with Crippen LogP contribution in [0, 0.1) is 5.92 Å². The van der Waals surface area contributed by atoms with Crippen LogP contribution in [-0.4, -0.2) is 13.0 Å². The largest absolute Gasteiger partial charge is 0.495 e. The van der Waals surface area contributed by atoms with Crippen molar-refractivity contribution in [3.8, 4) is 5.75 Å². The van der Waals surface area contributed by atoms with Gasteiger partial charge in [0.15, 0.2) is 0 Å². The van der Waals surface area contributed by atoms with Crippen LogP contribution in [0.1, 0.15) is 19.3 Å². The predicted molar refractivity (Wildman–Crippen MR) is 95.4 cm³/mol. The molecule has 4 nitrogen and oxygen atoms in total. The lowest BCUT2D eigenvalue weighted by atomic mass is 10.0. The molecule has 122 valence electrons. The second-order valence-electron chi connectivity index (χ2n) is 6.16. The van der Waals surface area contributed by atoms with Gasteiger partial charge in [0, 0.05) is 23.3 Å². The first-order chi connectivity index (χ1) is 11.7. The number of amides is 1. The van der Waals surface area contributed by atoms with Crippen LogP contribution in [0.2, 0.25) is 0 Å². The number of methoxy groups -OCH3 is 1. The second-order valence-corrected chi connectivity index (χ2v) is 6.16. The molecule has 1 N–H and O–H groups in total. The van der Waals surface area contributed by atoms with Gasteiger partial charge in [-0.3, -0.25) is 4.79 Å². The molecule has 2 aromatic carbocycles. The third-order valence-electron chi connectivity index (χ3n) is 4.53. The number of nitrogens with one attached hydrogen (secondary N) is 1. The maximum absolute atomic E-state index is 12.3. The Labute approximate surface area is 140 Å². The number of rotatable bonds is 4. The number of hydrogen-bond donors (Lipinski definition) is 1. The monoisotopic (exact) mass is 321 g/mol. The molecule has 1 aliphatic carbocycles. The van der Waals surface area contributed by atoms with Crippen molar-refractivity contribution in [3.63, 3.8) is 0 Å². The van der Waals surface area contributed by atoms with Crippen LogP contribution in [0.5, 0.6) is 5.75 Å². The number of anilines is 1. The fourth-order valence-electron chi connectivity index (χ4n) is 3.32. The minimum atomic E-state index is 0.000288. The number of benzene rings is 2. The molecule has 1 amide bonds. The van der Waals surface area contributed by atoms with Crippen molar-refractivity contribution in [3.05, 3.63) is 48.6 Å². The molecule has 0 fully saturated rings. The Morgan fingerprint density at radius 2 is 2.12 bits per heavy atom. The predicted octanol–water partition coefficient (Wildman–Crippen LogP) is 4.89. The van der Waals surface area contributed by atoms with Crippen molar-refractivity contribution in [2.24, 2.45) is 5.92 Å². The molecule has 3 aromatic rings. The van der Waals surface area contributed by atoms with E-state index >= 15 is 0 Å². The Hall–Kier alpha value is -2.75. The van der Waals surface area contributed by atoms with Gasteiger partial charge in [0.25, 0.3) is 0 Å². The molecule has 0 spiro atoms. The lowest BCUT2D eigenvalue weighted by Crippen LogP contribution is -2.15. The number of ether oxygens (including phenoxy) is 1. The van der Waals surface area contributed by atoms with E-state index in [0.717, 1.165) is 34.8 Å². The van der Waals surface area contributed by atoms with Gasteiger partial charge in [-0.2, -0.15) is 0 Å². The summed E-state index contributed by atoms with van der Waals surface area (Å²) in [6.07, 6.45) is 6.87. The zero-order valence-electron chi connectivity index (χ0n) is 13.5. The standard InChI is InChI=1S/C20H19NO3/c1-23-19-11-15-14-8-4-5-9-17(14)24-18(15)12-16(19)21-20(22)10-13-6-2-3-7-13/h2,4-6,8-9,11-13H,3,7,10H2,1H3,(H,21,22). The quantitative estimate of drug-likeness (QED) is 0.696. The van der Waals surface area contributed by atoms with Gasteiger partial charge in [-0.25, -0.2) is 0 Å². The van der Waals surface area contributed by atoms with Gasteiger partial charge in [0.05, 0.1) is 12.8 Å². The van der Waals surface area contributed by atoms with Crippen LogP contribution in [0.3, 0.4) is 0 Å². The fourth-order valence-corrected chi connectivity index (χ4v) is 3.32. The fraction of sp³-hybridized carbons (Fsp3) is 0.250. The first kappa shape index (κ1) is 14.8. The summed E-state index contributed by atoms with van der Waals surface area (Å²) in [5, 5.41) is 4.99. The minimum Gasteiger partial charge on any atom is -0.495 e. The Bertz CT molecular complexity index is 939. The van der Waals surface area contributed by atoms with Gasteiger partial charge in [-0.05, 0) is 30.9 Å². The molecular formula is C20H19NO3. The number of allylic oxidation sites excluding steroid dienone is 2. The van der Waals surface area contributed by atoms with Crippen molar-refractivity contribution in [2.45, 2.75) is 19.3 Å². The lowest BCUT2D eigenvalue weighted by Gasteiger charge is -2.12. The van der Waals surface area contributed by atoms with Gasteiger partial charge in [0.1, 0.15) is 16.9 Å². The molecular weight excluding hydrogens is 302 g/mol. The van der Waals surface area contributed by atoms with Gasteiger partial charge < -0.3 is 14.5 Å². The van der Waals surface area contributed by atoms with Crippen molar-refractivity contribution in [1.29, 1.82) is 0 Å². The second kappa shape index (κ2) is 6.04. The van der Waals surface area contributed by atoms with E-state index in [4.69, 9.17) is 9.15 Å². The summed E-state index contributed by atoms with van der Waals surface area (Å²) in [5.74, 6) is 0.982. The van der Waals surface area contributed by atoms with Crippen LogP contribution in [0.15, 0.2) is 53.0 Å². The zero-order valence-corrected chi connectivity index (χ0v) is 13.5. The Morgan fingerprint density at radius 1 is 1.25 bits per heavy atom. The summed E-state index contributed by atoms with van der Waals surface area (Å²) in [5.41, 5.74) is 2.22. The Balaban J connectivity index is 1.67. The molecule has 4 rings (SSSR count). The average Bonchev–Trinajstić information content (AvgIpc) is 3.20. The summed E-state index contributed by atoms with van der Waals surface area (Å²) < 4.78 is 11.4. The number of hydrogen-bond acceptors (Lipinski definition) is 3. The molecule has 1 unspecified atom stereocenters. The van der Waals surface area contributed by atoms with E-state index in [2.05, 4.69) is 17.5 Å². The van der Waals surface area contributed by atoms with E-state index in [1.807, 2.05) is 36.4 Å². The number of para-hydroxylation sites is 1. The van der Waals surface area contributed by atoms with Crippen LogP contribution >= 0.6 is 0 Å². The molecule has 0 radical (unpaired) electrons. The molecule has 1 aliphatic rings. The number of furan rings is 1. The normalized spacial score (nSPS) is 16.8. The highest BCUT2D eigenvalue weighted by molar-refractivity contribution is 6.07. The van der Waals surface area contributed by atoms with E-state index < -0.39 is 0 Å². The molecule has 0 aliphatic heterocycles. The van der Waals surface area contributed by atoms with Crippen LogP contribution in [0.4, 0.5) is 5.69 Å². The Morgan fingerprint density at radius 3 is 2.92 bits per heavy atom. The van der Waals surface area contributed by atoms with E-state index in [1.54, 1.807) is 7.11 Å². The summed E-state index contributed by atoms with van der Waals surface area (Å²) in [7, 11) is 1.61. The number of carbonyl (C=O) groups excluding carboxylic acids is 1. The highest BCUT2D eigenvalue weighted by Crippen LogP contribution is 2.36. The first-order valence-corrected chi connectivity index (χ1v) is 8.20. The average molecular weight is 321 g/mol. The van der Waals surface area contributed by atoms with Gasteiger partial charge >= 0.3 is 0 Å². The van der Waals surface area contributed by atoms with Gasteiger partial charge in [-0.15, -0.1) is 0 Å². The zero-order chi connectivity index (χ0) is 16.5. The van der Waals surface area contributed by atoms with Crippen LogP contribution in [0.25, 0.3) is 21.9 Å². The lowest BCUT2D eigenvalue weighted by molar-refractivity contribution is -0.116. The summed E-state index contributed by atoms with van der Waals surface area (Å²) in [6.45, 7) is 0. The first-order valence-electron chi connectivity index (χ1n) is 8.20. The Kier molecular flexibility index (Phi) is 3.73. The van der Waals surface area contributed by atoms with Gasteiger partial charge in [0.2, 0.25) is 5.91 Å². The molecule has 4 heteroatoms. The molecule has 0 saturated carbocycles. The summed E-state index contributed by atoms with van der Waals surface area (Å²) in [4.78, 5) is 12.3. The van der Waals surface area contributed by atoms with Crippen LogP contribution < -0.4 is 10.1 Å². The van der Waals surface area contributed by atoms with Crippen molar-refractivity contribution < 1.29 is 13.9 Å². The van der Waals surface area contributed by atoms with E-state index in [0.29, 0.717) is 23.8 Å². The molecule has 1 aromatic heterocycles. The van der Waals surface area contributed by atoms with E-state index in [1.165, 1.54) is 0 Å². The highest BCUT2D eigenvalue weighted by atomic mass is 16.5. The molecule has 1 atom stereocenters. The summed E-state index contributed by atoms with van der Waals surface area (Å²) >= 11 is 0. The topological polar surface area (TPSA) is 51.5 Å². The smallest absolute Gasteiger partial charge is 0.225 e. The van der Waals surface area contributed by atoms with Gasteiger partial charge in [-0.1, -0.05) is 30.4 Å². The maximum atomic E-state index is 12.3. The molecule has 0 saturated heterocycles. The van der Waals surface area contributed by atoms with Crippen molar-refractivity contribution in [1.82, 2.24) is 0 Å². The van der Waals surface area contributed by atoms with E-state index in [9.17, 15) is 4.79 Å². The number of fused-ring (bicyclic) bond motifs is 3. The molecule has 24 heavy (non-hydrogen) atoms. The summed E-state index contributed by atoms with van der Waals surface area (Å²) in [6, 6.07) is 11.6.